The molecule has 1 aromatic rings. The van der Waals surface area contributed by atoms with Crippen molar-refractivity contribution in [1.82, 2.24) is 14.7 Å². The molecule has 6 heteroatoms. The van der Waals surface area contributed by atoms with E-state index in [4.69, 9.17) is 0 Å². The van der Waals surface area contributed by atoms with Crippen LogP contribution in [0.4, 0.5) is 4.39 Å². The topological polar surface area (TPSA) is 43.9 Å². The normalized spacial score (nSPS) is 22.6. The third-order valence-corrected chi connectivity index (χ3v) is 6.74. The van der Waals surface area contributed by atoms with Crippen molar-refractivity contribution in [3.63, 3.8) is 0 Å². The molecule has 1 aromatic carbocycles. The molecule has 0 aromatic heterocycles. The van der Waals surface area contributed by atoms with Crippen LogP contribution in [0.15, 0.2) is 24.3 Å². The number of hydrogen-bond acceptors (Lipinski definition) is 3. The summed E-state index contributed by atoms with van der Waals surface area (Å²) in [5.41, 5.74) is 0.448. The molecule has 0 atom stereocenters. The van der Waals surface area contributed by atoms with Crippen molar-refractivity contribution in [3.8, 4) is 0 Å². The quantitative estimate of drug-likeness (QED) is 0.797. The van der Waals surface area contributed by atoms with Gasteiger partial charge in [0, 0.05) is 39.3 Å². The maximum absolute atomic E-state index is 13.5. The number of nitrogens with zero attached hydrogens (tertiary/aromatic N) is 3. The van der Waals surface area contributed by atoms with Gasteiger partial charge >= 0.3 is 0 Å². The van der Waals surface area contributed by atoms with E-state index >= 15 is 0 Å². The fraction of sp³-hybridized carbons (Fsp3) is 0.636. The second-order valence-electron chi connectivity index (χ2n) is 8.45. The highest BCUT2D eigenvalue weighted by molar-refractivity contribution is 5.89. The van der Waals surface area contributed by atoms with Gasteiger partial charge in [0.15, 0.2) is 0 Å². The average molecular weight is 387 g/mol. The maximum atomic E-state index is 13.5. The summed E-state index contributed by atoms with van der Waals surface area (Å²) < 4.78 is 13.4. The van der Waals surface area contributed by atoms with E-state index in [9.17, 15) is 14.0 Å². The molecule has 3 fully saturated rings. The summed E-state index contributed by atoms with van der Waals surface area (Å²) in [6.45, 7) is 5.04. The van der Waals surface area contributed by atoms with Gasteiger partial charge in [-0.15, -0.1) is 0 Å². The largest absolute Gasteiger partial charge is 0.342 e. The molecular formula is C22H30FN3O2. The monoisotopic (exact) mass is 387 g/mol. The Hall–Kier alpha value is -1.95. The Bertz CT molecular complexity index is 701. The van der Waals surface area contributed by atoms with Gasteiger partial charge in [0.25, 0.3) is 0 Å². The molecule has 0 bridgehead atoms. The third kappa shape index (κ3) is 3.79. The lowest BCUT2D eigenvalue weighted by Gasteiger charge is -2.40. The maximum Gasteiger partial charge on any atom is 0.236 e. The highest BCUT2D eigenvalue weighted by Gasteiger charge is 2.45. The first kappa shape index (κ1) is 19.4. The highest BCUT2D eigenvalue weighted by atomic mass is 19.1. The highest BCUT2D eigenvalue weighted by Crippen LogP contribution is 2.42. The van der Waals surface area contributed by atoms with E-state index in [0.29, 0.717) is 19.6 Å². The van der Waals surface area contributed by atoms with Crippen LogP contribution in [-0.4, -0.2) is 72.3 Å². The van der Waals surface area contributed by atoms with E-state index in [-0.39, 0.29) is 17.6 Å². The van der Waals surface area contributed by atoms with E-state index in [1.54, 1.807) is 12.1 Å². The Balaban J connectivity index is 1.38. The number of hydrogen-bond donors (Lipinski definition) is 0. The lowest BCUT2D eigenvalue weighted by Crippen LogP contribution is -2.55. The van der Waals surface area contributed by atoms with Crippen molar-refractivity contribution in [2.75, 3.05) is 45.8 Å². The van der Waals surface area contributed by atoms with E-state index in [1.165, 1.54) is 12.1 Å². The minimum absolute atomic E-state index is 0.183. The van der Waals surface area contributed by atoms with E-state index < -0.39 is 5.41 Å². The van der Waals surface area contributed by atoms with Crippen LogP contribution in [0.5, 0.6) is 0 Å². The van der Waals surface area contributed by atoms with E-state index in [0.717, 1.165) is 70.3 Å². The molecular weight excluding hydrogens is 357 g/mol. The summed E-state index contributed by atoms with van der Waals surface area (Å²) in [6, 6.07) is 6.49. The molecule has 0 spiro atoms. The molecule has 28 heavy (non-hydrogen) atoms. The van der Waals surface area contributed by atoms with Crippen molar-refractivity contribution in [2.24, 2.45) is 0 Å². The van der Waals surface area contributed by atoms with Gasteiger partial charge < -0.3 is 9.80 Å². The first-order valence-corrected chi connectivity index (χ1v) is 10.6. The first-order valence-electron chi connectivity index (χ1n) is 10.6. The molecule has 4 rings (SSSR count). The summed E-state index contributed by atoms with van der Waals surface area (Å²) in [7, 11) is 0. The van der Waals surface area contributed by atoms with Crippen molar-refractivity contribution in [2.45, 2.75) is 43.9 Å². The second-order valence-corrected chi connectivity index (χ2v) is 8.45. The predicted octanol–water partition coefficient (Wildman–Crippen LogP) is 2.40. The van der Waals surface area contributed by atoms with Crippen molar-refractivity contribution in [3.05, 3.63) is 35.6 Å². The predicted molar refractivity (Wildman–Crippen MR) is 105 cm³/mol. The Morgan fingerprint density at radius 3 is 2.04 bits per heavy atom. The molecule has 1 aliphatic carbocycles. The number of benzene rings is 1. The Morgan fingerprint density at radius 1 is 0.821 bits per heavy atom. The number of amides is 2. The molecule has 2 amide bonds. The van der Waals surface area contributed by atoms with Crippen molar-refractivity contribution in [1.29, 1.82) is 0 Å². The SMILES string of the molecule is O=C(CN1CCN(C(=O)C2(c3ccc(F)cc3)CCCC2)CC1)N1CCCC1. The zero-order chi connectivity index (χ0) is 19.6. The minimum atomic E-state index is -0.499. The van der Waals surface area contributed by atoms with Gasteiger partial charge in [0.2, 0.25) is 11.8 Å². The van der Waals surface area contributed by atoms with Crippen LogP contribution in [0.25, 0.3) is 0 Å². The van der Waals surface area contributed by atoms with Crippen LogP contribution < -0.4 is 0 Å². The standard InChI is InChI=1S/C22H30FN3O2/c23-19-7-5-18(6-8-19)22(9-1-2-10-22)21(28)26-15-13-24(14-16-26)17-20(27)25-11-3-4-12-25/h5-8H,1-4,9-17H2. The Kier molecular flexibility index (Phi) is 5.67. The van der Waals surface area contributed by atoms with Crippen LogP contribution in [0.1, 0.15) is 44.1 Å². The van der Waals surface area contributed by atoms with E-state index in [1.807, 2.05) is 9.80 Å². The first-order chi connectivity index (χ1) is 13.6. The molecule has 2 heterocycles. The number of carbonyl (C=O) groups is 2. The number of likely N-dealkylation sites (tertiary alicyclic amines) is 1. The second kappa shape index (κ2) is 8.19. The van der Waals surface area contributed by atoms with Gasteiger partial charge in [-0.3, -0.25) is 14.5 Å². The summed E-state index contributed by atoms with van der Waals surface area (Å²) in [5.74, 6) is 0.138. The van der Waals surface area contributed by atoms with Crippen molar-refractivity contribution < 1.29 is 14.0 Å². The van der Waals surface area contributed by atoms with Gasteiger partial charge in [0.05, 0.1) is 12.0 Å². The van der Waals surface area contributed by atoms with Crippen LogP contribution in [0, 0.1) is 5.82 Å². The fourth-order valence-electron chi connectivity index (χ4n) is 5.04. The molecule has 3 aliphatic rings. The zero-order valence-corrected chi connectivity index (χ0v) is 16.5. The van der Waals surface area contributed by atoms with Gasteiger partial charge in [0.1, 0.15) is 5.82 Å². The number of rotatable bonds is 4. The average Bonchev–Trinajstić information content (AvgIpc) is 3.41. The molecule has 0 N–H and O–H groups in total. The Labute approximate surface area is 166 Å². The lowest BCUT2D eigenvalue weighted by atomic mass is 9.77. The van der Waals surface area contributed by atoms with Crippen LogP contribution in [-0.2, 0) is 15.0 Å². The summed E-state index contributed by atoms with van der Waals surface area (Å²) >= 11 is 0. The summed E-state index contributed by atoms with van der Waals surface area (Å²) in [5, 5.41) is 0. The third-order valence-electron chi connectivity index (χ3n) is 6.74. The minimum Gasteiger partial charge on any atom is -0.342 e. The fourth-order valence-corrected chi connectivity index (χ4v) is 5.04. The zero-order valence-electron chi connectivity index (χ0n) is 16.5. The van der Waals surface area contributed by atoms with E-state index in [2.05, 4.69) is 4.90 Å². The number of carbonyl (C=O) groups excluding carboxylic acids is 2. The molecule has 1 saturated carbocycles. The van der Waals surface area contributed by atoms with Crippen molar-refractivity contribution >= 4 is 11.8 Å². The molecule has 5 nitrogen and oxygen atoms in total. The number of halogens is 1. The molecule has 2 saturated heterocycles. The van der Waals surface area contributed by atoms with Gasteiger partial charge in [-0.25, -0.2) is 4.39 Å². The number of piperazine rings is 1. The van der Waals surface area contributed by atoms with Gasteiger partial charge in [-0.1, -0.05) is 25.0 Å². The smallest absolute Gasteiger partial charge is 0.236 e. The van der Waals surface area contributed by atoms with Gasteiger partial charge in [-0.2, -0.15) is 0 Å². The molecule has 0 radical (unpaired) electrons. The van der Waals surface area contributed by atoms with Gasteiger partial charge in [-0.05, 0) is 43.4 Å². The summed E-state index contributed by atoms with van der Waals surface area (Å²) in [4.78, 5) is 32.0. The molecule has 152 valence electrons. The van der Waals surface area contributed by atoms with Crippen LogP contribution in [0.3, 0.4) is 0 Å². The van der Waals surface area contributed by atoms with Crippen LogP contribution in [0.2, 0.25) is 0 Å². The molecule has 0 unspecified atom stereocenters. The Morgan fingerprint density at radius 2 is 1.43 bits per heavy atom. The summed E-state index contributed by atoms with van der Waals surface area (Å²) in [6.07, 6.45) is 5.97. The molecule has 2 aliphatic heterocycles. The van der Waals surface area contributed by atoms with Crippen LogP contribution >= 0.6 is 0 Å². The lowest BCUT2D eigenvalue weighted by molar-refractivity contribution is -0.139.